The van der Waals surface area contributed by atoms with Crippen LogP contribution < -0.4 is 4.74 Å². The minimum Gasteiger partial charge on any atom is -0.497 e. The van der Waals surface area contributed by atoms with E-state index < -0.39 is 10.0 Å². The lowest BCUT2D eigenvalue weighted by Crippen LogP contribution is -2.28. The molecule has 0 N–H and O–H groups in total. The van der Waals surface area contributed by atoms with Crippen LogP contribution in [0.4, 0.5) is 0 Å². The second kappa shape index (κ2) is 6.18. The van der Waals surface area contributed by atoms with Gasteiger partial charge in [0.1, 0.15) is 12.3 Å². The van der Waals surface area contributed by atoms with Gasteiger partial charge < -0.3 is 4.74 Å². The Labute approximate surface area is 115 Å². The van der Waals surface area contributed by atoms with Gasteiger partial charge in [0.25, 0.3) is 0 Å². The molecule has 0 saturated heterocycles. The van der Waals surface area contributed by atoms with Gasteiger partial charge in [-0.25, -0.2) is 8.42 Å². The molecule has 0 atom stereocenters. The number of benzene rings is 1. The van der Waals surface area contributed by atoms with Crippen LogP contribution in [0.3, 0.4) is 0 Å². The predicted molar refractivity (Wildman–Crippen MR) is 71.6 cm³/mol. The van der Waals surface area contributed by atoms with Gasteiger partial charge in [0.15, 0.2) is 0 Å². The fourth-order valence-corrected chi connectivity index (χ4v) is 2.97. The van der Waals surface area contributed by atoms with E-state index in [2.05, 4.69) is 15.9 Å². The SMILES string of the molecule is COc1ccc(Br)c(CS(=O)(=O)N(C)CC#N)c1. The summed E-state index contributed by atoms with van der Waals surface area (Å²) in [6.07, 6.45) is 0. The summed E-state index contributed by atoms with van der Waals surface area (Å²) in [4.78, 5) is 0. The summed E-state index contributed by atoms with van der Waals surface area (Å²) in [5.74, 6) is 0.412. The van der Waals surface area contributed by atoms with Crippen LogP contribution in [0.15, 0.2) is 22.7 Å². The fraction of sp³-hybridized carbons (Fsp3) is 0.364. The lowest BCUT2D eigenvalue weighted by atomic mass is 10.2. The molecule has 7 heteroatoms. The van der Waals surface area contributed by atoms with Crippen molar-refractivity contribution in [3.63, 3.8) is 0 Å². The van der Waals surface area contributed by atoms with Crippen LogP contribution in [0, 0.1) is 11.3 Å². The van der Waals surface area contributed by atoms with Crippen molar-refractivity contribution >= 4 is 26.0 Å². The molecule has 0 aliphatic carbocycles. The van der Waals surface area contributed by atoms with E-state index in [0.717, 1.165) is 4.31 Å². The summed E-state index contributed by atoms with van der Waals surface area (Å²) >= 11 is 3.30. The summed E-state index contributed by atoms with van der Waals surface area (Å²) in [6, 6.07) is 6.93. The van der Waals surface area contributed by atoms with E-state index in [9.17, 15) is 8.42 Å². The van der Waals surface area contributed by atoms with Gasteiger partial charge in [-0.05, 0) is 23.8 Å². The smallest absolute Gasteiger partial charge is 0.219 e. The average Bonchev–Trinajstić information content (AvgIpc) is 2.32. The van der Waals surface area contributed by atoms with Gasteiger partial charge in [0, 0.05) is 11.5 Å². The number of nitriles is 1. The predicted octanol–water partition coefficient (Wildman–Crippen LogP) is 1.74. The van der Waals surface area contributed by atoms with Crippen molar-refractivity contribution in [2.45, 2.75) is 5.75 Å². The Hall–Kier alpha value is -1.10. The Morgan fingerprint density at radius 2 is 2.17 bits per heavy atom. The second-order valence-corrected chi connectivity index (χ2v) is 6.56. The Kier molecular flexibility index (Phi) is 5.14. The van der Waals surface area contributed by atoms with E-state index in [4.69, 9.17) is 10.00 Å². The molecule has 0 aromatic heterocycles. The summed E-state index contributed by atoms with van der Waals surface area (Å²) in [5, 5.41) is 8.52. The number of hydrogen-bond acceptors (Lipinski definition) is 4. The zero-order valence-electron chi connectivity index (χ0n) is 10.1. The lowest BCUT2D eigenvalue weighted by Gasteiger charge is -2.14. The first-order chi connectivity index (χ1) is 8.40. The van der Waals surface area contributed by atoms with Crippen LogP contribution in [-0.4, -0.2) is 33.4 Å². The molecule has 98 valence electrons. The highest BCUT2D eigenvalue weighted by Gasteiger charge is 2.19. The first-order valence-corrected chi connectivity index (χ1v) is 7.44. The zero-order chi connectivity index (χ0) is 13.8. The molecular weight excluding hydrogens is 320 g/mol. The van der Waals surface area contributed by atoms with E-state index in [1.165, 1.54) is 14.2 Å². The molecule has 18 heavy (non-hydrogen) atoms. The van der Waals surface area contributed by atoms with Gasteiger partial charge in [0.2, 0.25) is 10.0 Å². The molecule has 0 amide bonds. The van der Waals surface area contributed by atoms with E-state index >= 15 is 0 Å². The van der Waals surface area contributed by atoms with E-state index in [1.54, 1.807) is 24.3 Å². The maximum Gasteiger partial charge on any atom is 0.219 e. The first-order valence-electron chi connectivity index (χ1n) is 5.04. The van der Waals surface area contributed by atoms with Crippen molar-refractivity contribution in [1.29, 1.82) is 5.26 Å². The van der Waals surface area contributed by atoms with Crippen LogP contribution in [0.5, 0.6) is 5.75 Å². The largest absolute Gasteiger partial charge is 0.497 e. The number of sulfonamides is 1. The molecule has 0 saturated carbocycles. The van der Waals surface area contributed by atoms with Gasteiger partial charge in [-0.15, -0.1) is 0 Å². The number of ether oxygens (including phenoxy) is 1. The minimum absolute atomic E-state index is 0.163. The number of nitrogens with zero attached hydrogens (tertiary/aromatic N) is 2. The Morgan fingerprint density at radius 3 is 2.72 bits per heavy atom. The third-order valence-electron chi connectivity index (χ3n) is 2.36. The van der Waals surface area contributed by atoms with Gasteiger partial charge in [-0.1, -0.05) is 15.9 Å². The molecule has 0 heterocycles. The van der Waals surface area contributed by atoms with Crippen molar-refractivity contribution < 1.29 is 13.2 Å². The molecule has 0 aliphatic rings. The van der Waals surface area contributed by atoms with Crippen molar-refractivity contribution in [2.75, 3.05) is 20.7 Å². The average molecular weight is 333 g/mol. The molecular formula is C11H13BrN2O3S. The molecule has 0 unspecified atom stereocenters. The maximum atomic E-state index is 12.0. The minimum atomic E-state index is -3.50. The van der Waals surface area contributed by atoms with Crippen molar-refractivity contribution in [3.05, 3.63) is 28.2 Å². The van der Waals surface area contributed by atoms with Crippen molar-refractivity contribution in [3.8, 4) is 11.8 Å². The van der Waals surface area contributed by atoms with E-state index in [1.807, 2.05) is 0 Å². The highest BCUT2D eigenvalue weighted by molar-refractivity contribution is 9.10. The van der Waals surface area contributed by atoms with E-state index in [0.29, 0.717) is 15.8 Å². The summed E-state index contributed by atoms with van der Waals surface area (Å²) in [5.41, 5.74) is 0.596. The van der Waals surface area contributed by atoms with E-state index in [-0.39, 0.29) is 12.3 Å². The quantitative estimate of drug-likeness (QED) is 0.770. The van der Waals surface area contributed by atoms with Crippen molar-refractivity contribution in [2.24, 2.45) is 0 Å². The molecule has 0 bridgehead atoms. The monoisotopic (exact) mass is 332 g/mol. The summed E-state index contributed by atoms with van der Waals surface area (Å²) in [7, 11) is -0.599. The second-order valence-electron chi connectivity index (χ2n) is 3.63. The Balaban J connectivity index is 3.01. The standard InChI is InChI=1S/C11H13BrN2O3S/c1-14(6-5-13)18(15,16)8-9-7-10(17-2)3-4-11(9)12/h3-4,7H,6,8H2,1-2H3. The zero-order valence-corrected chi connectivity index (χ0v) is 12.5. The van der Waals surface area contributed by atoms with Crippen LogP contribution >= 0.6 is 15.9 Å². The molecule has 5 nitrogen and oxygen atoms in total. The van der Waals surface area contributed by atoms with Gasteiger partial charge >= 0.3 is 0 Å². The van der Waals surface area contributed by atoms with Crippen LogP contribution in [-0.2, 0) is 15.8 Å². The summed E-state index contributed by atoms with van der Waals surface area (Å²) in [6.45, 7) is -0.163. The molecule has 0 fully saturated rings. The summed E-state index contributed by atoms with van der Waals surface area (Å²) < 4.78 is 30.7. The molecule has 0 spiro atoms. The topological polar surface area (TPSA) is 70.4 Å². The first kappa shape index (κ1) is 15.0. The highest BCUT2D eigenvalue weighted by atomic mass is 79.9. The molecule has 0 aliphatic heterocycles. The third-order valence-corrected chi connectivity index (χ3v) is 4.89. The Morgan fingerprint density at radius 1 is 1.50 bits per heavy atom. The van der Waals surface area contributed by atoms with Crippen LogP contribution in [0.1, 0.15) is 5.56 Å². The highest BCUT2D eigenvalue weighted by Crippen LogP contribution is 2.24. The normalized spacial score (nSPS) is 11.3. The fourth-order valence-electron chi connectivity index (χ4n) is 1.29. The van der Waals surface area contributed by atoms with Crippen LogP contribution in [0.25, 0.3) is 0 Å². The van der Waals surface area contributed by atoms with Gasteiger partial charge in [-0.3, -0.25) is 0 Å². The number of rotatable bonds is 5. The lowest BCUT2D eigenvalue weighted by molar-refractivity contribution is 0.414. The number of halogens is 1. The maximum absolute atomic E-state index is 12.0. The molecule has 1 aromatic carbocycles. The van der Waals surface area contributed by atoms with Crippen LogP contribution in [0.2, 0.25) is 0 Å². The van der Waals surface area contributed by atoms with Gasteiger partial charge in [0.05, 0.1) is 18.9 Å². The molecule has 0 radical (unpaired) electrons. The van der Waals surface area contributed by atoms with Crippen molar-refractivity contribution in [1.82, 2.24) is 4.31 Å². The number of methoxy groups -OCH3 is 1. The Bertz CT molecular complexity index is 566. The van der Waals surface area contributed by atoms with Gasteiger partial charge in [-0.2, -0.15) is 9.57 Å². The third kappa shape index (κ3) is 3.70. The molecule has 1 aromatic rings. The molecule has 1 rings (SSSR count). The number of hydrogen-bond donors (Lipinski definition) is 0.